The van der Waals surface area contributed by atoms with Crippen LogP contribution in [0.1, 0.15) is 20.0 Å². The highest BCUT2D eigenvalue weighted by Gasteiger charge is 2.17. The van der Waals surface area contributed by atoms with Crippen molar-refractivity contribution in [3.8, 4) is 11.5 Å². The van der Waals surface area contributed by atoms with Gasteiger partial charge < -0.3 is 9.47 Å². The van der Waals surface area contributed by atoms with Crippen molar-refractivity contribution in [3.05, 3.63) is 44.6 Å². The first-order chi connectivity index (χ1) is 10.6. The van der Waals surface area contributed by atoms with Crippen molar-refractivity contribution < 1.29 is 19.1 Å². The zero-order valence-electron chi connectivity index (χ0n) is 11.8. The van der Waals surface area contributed by atoms with Gasteiger partial charge in [0.2, 0.25) is 0 Å². The largest absolute Gasteiger partial charge is 0.493 e. The van der Waals surface area contributed by atoms with Crippen LogP contribution in [0.15, 0.2) is 34.1 Å². The van der Waals surface area contributed by atoms with Crippen LogP contribution in [0.5, 0.6) is 11.5 Å². The molecule has 116 valence electrons. The SMILES string of the molecule is COc1cccc(C(=O)NNC(=O)c2ccc(Br)s2)c1OC. The highest BCUT2D eigenvalue weighted by molar-refractivity contribution is 9.11. The topological polar surface area (TPSA) is 76.7 Å². The lowest BCUT2D eigenvalue weighted by molar-refractivity contribution is 0.0847. The molecule has 0 aliphatic carbocycles. The van der Waals surface area contributed by atoms with Gasteiger partial charge in [0, 0.05) is 0 Å². The summed E-state index contributed by atoms with van der Waals surface area (Å²) in [6, 6.07) is 8.32. The van der Waals surface area contributed by atoms with Crippen LogP contribution < -0.4 is 20.3 Å². The van der Waals surface area contributed by atoms with Crippen LogP contribution in [0.3, 0.4) is 0 Å². The van der Waals surface area contributed by atoms with E-state index in [1.165, 1.54) is 25.6 Å². The average Bonchev–Trinajstić information content (AvgIpc) is 2.97. The first-order valence-electron chi connectivity index (χ1n) is 6.13. The highest BCUT2D eigenvalue weighted by Crippen LogP contribution is 2.30. The molecule has 2 amide bonds. The van der Waals surface area contributed by atoms with Crippen molar-refractivity contribution in [3.63, 3.8) is 0 Å². The molecule has 0 fully saturated rings. The summed E-state index contributed by atoms with van der Waals surface area (Å²) in [5, 5.41) is 0. The summed E-state index contributed by atoms with van der Waals surface area (Å²) in [6.07, 6.45) is 0. The Labute approximate surface area is 139 Å². The Bertz CT molecular complexity index is 702. The molecule has 0 unspecified atom stereocenters. The van der Waals surface area contributed by atoms with Crippen molar-refractivity contribution in [2.75, 3.05) is 14.2 Å². The van der Waals surface area contributed by atoms with Crippen LogP contribution in [-0.4, -0.2) is 26.0 Å². The van der Waals surface area contributed by atoms with Gasteiger partial charge in [0.25, 0.3) is 11.8 Å². The Morgan fingerprint density at radius 2 is 1.77 bits per heavy atom. The van der Waals surface area contributed by atoms with Gasteiger partial charge >= 0.3 is 0 Å². The van der Waals surface area contributed by atoms with E-state index < -0.39 is 11.8 Å². The molecule has 2 rings (SSSR count). The Kier molecular flexibility index (Phi) is 5.40. The minimum Gasteiger partial charge on any atom is -0.493 e. The van der Waals surface area contributed by atoms with Crippen molar-refractivity contribution in [1.29, 1.82) is 0 Å². The second-order valence-electron chi connectivity index (χ2n) is 4.05. The second kappa shape index (κ2) is 7.28. The molecule has 22 heavy (non-hydrogen) atoms. The summed E-state index contributed by atoms with van der Waals surface area (Å²) in [7, 11) is 2.92. The van der Waals surface area contributed by atoms with E-state index in [-0.39, 0.29) is 5.56 Å². The van der Waals surface area contributed by atoms with Crippen LogP contribution in [0.2, 0.25) is 0 Å². The van der Waals surface area contributed by atoms with Crippen LogP contribution in [0.25, 0.3) is 0 Å². The first kappa shape index (κ1) is 16.3. The molecular formula is C14H13BrN2O4S. The molecule has 0 saturated heterocycles. The van der Waals surface area contributed by atoms with Gasteiger partial charge in [-0.25, -0.2) is 0 Å². The normalized spacial score (nSPS) is 9.95. The molecule has 6 nitrogen and oxygen atoms in total. The van der Waals surface area contributed by atoms with Gasteiger partial charge in [0.1, 0.15) is 0 Å². The number of benzene rings is 1. The van der Waals surface area contributed by atoms with Crippen LogP contribution >= 0.6 is 27.3 Å². The standard InChI is InChI=1S/C14H13BrN2O4S/c1-20-9-5-3-4-8(12(9)21-2)13(18)16-17-14(19)10-6-7-11(15)22-10/h3-7H,1-2H3,(H,16,18)(H,17,19). The molecule has 0 aliphatic heterocycles. The molecule has 0 bridgehead atoms. The maximum absolute atomic E-state index is 12.2. The molecule has 8 heteroatoms. The molecule has 1 aromatic heterocycles. The van der Waals surface area contributed by atoms with Gasteiger partial charge in [0.15, 0.2) is 11.5 Å². The third kappa shape index (κ3) is 3.58. The van der Waals surface area contributed by atoms with Crippen LogP contribution in [0, 0.1) is 0 Å². The van der Waals surface area contributed by atoms with Crippen LogP contribution in [-0.2, 0) is 0 Å². The average molecular weight is 385 g/mol. The van der Waals surface area contributed by atoms with E-state index in [9.17, 15) is 9.59 Å². The molecule has 0 spiro atoms. The van der Waals surface area contributed by atoms with Gasteiger partial charge in [-0.15, -0.1) is 11.3 Å². The molecule has 0 aliphatic rings. The Balaban J connectivity index is 2.08. The predicted molar refractivity (Wildman–Crippen MR) is 86.5 cm³/mol. The predicted octanol–water partition coefficient (Wildman–Crippen LogP) is 2.60. The molecule has 2 aromatic rings. The summed E-state index contributed by atoms with van der Waals surface area (Å²) < 4.78 is 11.1. The second-order valence-corrected chi connectivity index (χ2v) is 6.52. The number of methoxy groups -OCH3 is 2. The Hall–Kier alpha value is -2.06. The van der Waals surface area contributed by atoms with E-state index in [1.54, 1.807) is 30.3 Å². The fourth-order valence-electron chi connectivity index (χ4n) is 1.74. The van der Waals surface area contributed by atoms with Crippen molar-refractivity contribution >= 4 is 39.1 Å². The summed E-state index contributed by atoms with van der Waals surface area (Å²) in [6.45, 7) is 0. The van der Waals surface area contributed by atoms with Gasteiger partial charge in [-0.3, -0.25) is 20.4 Å². The van der Waals surface area contributed by atoms with Gasteiger partial charge in [-0.2, -0.15) is 0 Å². The number of ether oxygens (including phenoxy) is 2. The number of thiophene rings is 1. The number of hydrazine groups is 1. The van der Waals surface area contributed by atoms with Crippen molar-refractivity contribution in [2.45, 2.75) is 0 Å². The van der Waals surface area contributed by atoms with Crippen molar-refractivity contribution in [1.82, 2.24) is 10.9 Å². The number of carbonyl (C=O) groups is 2. The van der Waals surface area contributed by atoms with E-state index in [1.807, 2.05) is 0 Å². The molecule has 0 radical (unpaired) electrons. The first-order valence-corrected chi connectivity index (χ1v) is 7.74. The van der Waals surface area contributed by atoms with E-state index in [2.05, 4.69) is 26.8 Å². The fourth-order valence-corrected chi connectivity index (χ4v) is 3.03. The number of carbonyl (C=O) groups excluding carboxylic acids is 2. The molecule has 1 aromatic carbocycles. The molecule has 0 saturated carbocycles. The van der Waals surface area contributed by atoms with Gasteiger partial charge in [-0.05, 0) is 40.2 Å². The summed E-state index contributed by atoms with van der Waals surface area (Å²) in [5.41, 5.74) is 4.96. The quantitative estimate of drug-likeness (QED) is 0.794. The fraction of sp³-hybridized carbons (Fsp3) is 0.143. The van der Waals surface area contributed by atoms with E-state index in [4.69, 9.17) is 9.47 Å². The zero-order chi connectivity index (χ0) is 16.1. The number of para-hydroxylation sites is 1. The monoisotopic (exact) mass is 384 g/mol. The number of hydrogen-bond acceptors (Lipinski definition) is 5. The summed E-state index contributed by atoms with van der Waals surface area (Å²) >= 11 is 4.54. The lowest BCUT2D eigenvalue weighted by atomic mass is 10.2. The van der Waals surface area contributed by atoms with Gasteiger partial charge in [-0.1, -0.05) is 6.07 Å². The molecule has 1 heterocycles. The van der Waals surface area contributed by atoms with Gasteiger partial charge in [0.05, 0.1) is 28.4 Å². The van der Waals surface area contributed by atoms with Crippen LogP contribution in [0.4, 0.5) is 0 Å². The smallest absolute Gasteiger partial charge is 0.279 e. The highest BCUT2D eigenvalue weighted by atomic mass is 79.9. The van der Waals surface area contributed by atoms with Crippen molar-refractivity contribution in [2.24, 2.45) is 0 Å². The third-order valence-corrected chi connectivity index (χ3v) is 4.36. The Morgan fingerprint density at radius 3 is 2.36 bits per heavy atom. The number of hydrogen-bond donors (Lipinski definition) is 2. The number of amides is 2. The minimum absolute atomic E-state index is 0.259. The Morgan fingerprint density at radius 1 is 1.05 bits per heavy atom. The minimum atomic E-state index is -0.500. The summed E-state index contributed by atoms with van der Waals surface area (Å²) in [4.78, 5) is 24.5. The molecule has 2 N–H and O–H groups in total. The lowest BCUT2D eigenvalue weighted by Crippen LogP contribution is -2.41. The van der Waals surface area contributed by atoms with E-state index >= 15 is 0 Å². The number of rotatable bonds is 4. The zero-order valence-corrected chi connectivity index (χ0v) is 14.2. The summed E-state index contributed by atoms with van der Waals surface area (Å²) in [5.74, 6) is -0.162. The van der Waals surface area contributed by atoms with E-state index in [0.717, 1.165) is 3.79 Å². The number of halogens is 1. The maximum Gasteiger partial charge on any atom is 0.279 e. The molecule has 0 atom stereocenters. The maximum atomic E-state index is 12.2. The molecular weight excluding hydrogens is 372 g/mol. The van der Waals surface area contributed by atoms with E-state index in [0.29, 0.717) is 16.4 Å². The number of nitrogens with one attached hydrogen (secondary N) is 2. The third-order valence-electron chi connectivity index (χ3n) is 2.73. The lowest BCUT2D eigenvalue weighted by Gasteiger charge is -2.12.